The fourth-order valence-corrected chi connectivity index (χ4v) is 2.64. The first-order valence-corrected chi connectivity index (χ1v) is 6.96. The lowest BCUT2D eigenvalue weighted by molar-refractivity contribution is 0.0671. The first kappa shape index (κ1) is 14.1. The predicted molar refractivity (Wildman–Crippen MR) is 74.7 cm³/mol. The molecular weight excluding hydrogens is 286 g/mol. The fraction of sp³-hybridized carbons (Fsp3) is 0.308. The summed E-state index contributed by atoms with van der Waals surface area (Å²) in [6.07, 6.45) is 1.59. The summed E-state index contributed by atoms with van der Waals surface area (Å²) >= 11 is 7.13. The Labute approximate surface area is 120 Å². The topological polar surface area (TPSA) is 42.7 Å². The van der Waals surface area contributed by atoms with Crippen LogP contribution in [0.3, 0.4) is 0 Å². The second-order valence-electron chi connectivity index (χ2n) is 3.90. The molecule has 0 atom stereocenters. The van der Waals surface area contributed by atoms with Crippen LogP contribution in [0.2, 0.25) is 4.34 Å². The molecule has 102 valence electrons. The zero-order chi connectivity index (χ0) is 13.7. The molecular formula is C13H14ClNO3S. The monoisotopic (exact) mass is 299 g/mol. The maximum atomic E-state index is 12.4. The SMILES string of the molecule is COCCN(Cc1ccco1)C(=O)c1ccc(Cl)s1. The Balaban J connectivity index is 2.10. The lowest BCUT2D eigenvalue weighted by Crippen LogP contribution is -2.32. The molecule has 0 bridgehead atoms. The van der Waals surface area contributed by atoms with Crippen LogP contribution in [0.1, 0.15) is 15.4 Å². The van der Waals surface area contributed by atoms with Gasteiger partial charge in [0, 0.05) is 13.7 Å². The molecule has 0 aliphatic heterocycles. The van der Waals surface area contributed by atoms with E-state index in [0.717, 1.165) is 5.76 Å². The average molecular weight is 300 g/mol. The molecule has 0 aromatic carbocycles. The molecule has 2 aromatic heterocycles. The van der Waals surface area contributed by atoms with Crippen LogP contribution in [0, 0.1) is 0 Å². The molecule has 0 radical (unpaired) electrons. The molecule has 19 heavy (non-hydrogen) atoms. The highest BCUT2D eigenvalue weighted by molar-refractivity contribution is 7.17. The highest BCUT2D eigenvalue weighted by Gasteiger charge is 2.18. The highest BCUT2D eigenvalue weighted by atomic mass is 35.5. The Kier molecular flexibility index (Phi) is 5.01. The van der Waals surface area contributed by atoms with Crippen LogP contribution >= 0.6 is 22.9 Å². The van der Waals surface area contributed by atoms with E-state index in [2.05, 4.69) is 0 Å². The number of carbonyl (C=O) groups is 1. The molecule has 2 rings (SSSR count). The lowest BCUT2D eigenvalue weighted by atomic mass is 10.3. The fourth-order valence-electron chi connectivity index (χ4n) is 1.63. The highest BCUT2D eigenvalue weighted by Crippen LogP contribution is 2.23. The Morgan fingerprint density at radius 2 is 2.32 bits per heavy atom. The van der Waals surface area contributed by atoms with Gasteiger partial charge in [0.1, 0.15) is 5.76 Å². The van der Waals surface area contributed by atoms with Crippen molar-refractivity contribution in [2.75, 3.05) is 20.3 Å². The largest absolute Gasteiger partial charge is 0.467 e. The molecule has 0 aliphatic carbocycles. The van der Waals surface area contributed by atoms with Gasteiger partial charge in [-0.15, -0.1) is 11.3 Å². The Morgan fingerprint density at radius 3 is 2.89 bits per heavy atom. The van der Waals surface area contributed by atoms with E-state index in [1.807, 2.05) is 6.07 Å². The number of halogens is 1. The van der Waals surface area contributed by atoms with Crippen LogP contribution in [0.25, 0.3) is 0 Å². The first-order valence-electron chi connectivity index (χ1n) is 5.76. The van der Waals surface area contributed by atoms with E-state index < -0.39 is 0 Å². The molecule has 4 nitrogen and oxygen atoms in total. The van der Waals surface area contributed by atoms with Crippen molar-refractivity contribution in [2.24, 2.45) is 0 Å². The number of carbonyl (C=O) groups excluding carboxylic acids is 1. The van der Waals surface area contributed by atoms with Gasteiger partial charge in [0.2, 0.25) is 0 Å². The Hall–Kier alpha value is -1.30. The van der Waals surface area contributed by atoms with Crippen LogP contribution in [0.5, 0.6) is 0 Å². The van der Waals surface area contributed by atoms with Gasteiger partial charge in [0.15, 0.2) is 0 Å². The van der Waals surface area contributed by atoms with E-state index in [9.17, 15) is 4.79 Å². The van der Waals surface area contributed by atoms with Crippen molar-refractivity contribution in [3.63, 3.8) is 0 Å². The number of rotatable bonds is 6. The summed E-state index contributed by atoms with van der Waals surface area (Å²) in [5.41, 5.74) is 0. The van der Waals surface area contributed by atoms with Gasteiger partial charge in [-0.3, -0.25) is 4.79 Å². The number of thiophene rings is 1. The average Bonchev–Trinajstić information content (AvgIpc) is 3.05. The molecule has 2 heterocycles. The number of amides is 1. The van der Waals surface area contributed by atoms with Gasteiger partial charge in [-0.2, -0.15) is 0 Å². The van der Waals surface area contributed by atoms with Crippen molar-refractivity contribution in [1.29, 1.82) is 0 Å². The summed E-state index contributed by atoms with van der Waals surface area (Å²) < 4.78 is 10.9. The number of ether oxygens (including phenoxy) is 1. The molecule has 2 aromatic rings. The van der Waals surface area contributed by atoms with Crippen LogP contribution in [-0.2, 0) is 11.3 Å². The van der Waals surface area contributed by atoms with Gasteiger partial charge >= 0.3 is 0 Å². The molecule has 0 N–H and O–H groups in total. The number of methoxy groups -OCH3 is 1. The van der Waals surface area contributed by atoms with Gasteiger partial charge < -0.3 is 14.1 Å². The van der Waals surface area contributed by atoms with E-state index in [1.54, 1.807) is 36.5 Å². The number of furan rings is 1. The lowest BCUT2D eigenvalue weighted by Gasteiger charge is -2.20. The van der Waals surface area contributed by atoms with E-state index >= 15 is 0 Å². The standard InChI is InChI=1S/C13H14ClNO3S/c1-17-8-6-15(9-10-3-2-7-18-10)13(16)11-4-5-12(14)19-11/h2-5,7H,6,8-9H2,1H3. The third-order valence-corrected chi connectivity index (χ3v) is 3.78. The smallest absolute Gasteiger partial charge is 0.264 e. The van der Waals surface area contributed by atoms with Crippen molar-refractivity contribution in [3.05, 3.63) is 45.5 Å². The summed E-state index contributed by atoms with van der Waals surface area (Å²) in [6, 6.07) is 7.10. The van der Waals surface area contributed by atoms with Gasteiger partial charge in [-0.25, -0.2) is 0 Å². The van der Waals surface area contributed by atoms with Crippen molar-refractivity contribution in [2.45, 2.75) is 6.54 Å². The number of hydrogen-bond acceptors (Lipinski definition) is 4. The minimum atomic E-state index is -0.0645. The summed E-state index contributed by atoms with van der Waals surface area (Å²) in [5.74, 6) is 0.678. The summed E-state index contributed by atoms with van der Waals surface area (Å²) in [5, 5.41) is 0. The molecule has 6 heteroatoms. The number of hydrogen-bond donors (Lipinski definition) is 0. The minimum absolute atomic E-state index is 0.0645. The summed E-state index contributed by atoms with van der Waals surface area (Å²) in [7, 11) is 1.61. The zero-order valence-corrected chi connectivity index (χ0v) is 12.0. The summed E-state index contributed by atoms with van der Waals surface area (Å²) in [4.78, 5) is 14.7. The van der Waals surface area contributed by atoms with Gasteiger partial charge in [0.05, 0.1) is 28.6 Å². The third-order valence-electron chi connectivity index (χ3n) is 2.56. The van der Waals surface area contributed by atoms with Gasteiger partial charge in [0.25, 0.3) is 5.91 Å². The Morgan fingerprint density at radius 1 is 1.47 bits per heavy atom. The molecule has 0 unspecified atom stereocenters. The van der Waals surface area contributed by atoms with Crippen molar-refractivity contribution < 1.29 is 13.9 Å². The molecule has 0 aliphatic rings. The molecule has 1 amide bonds. The minimum Gasteiger partial charge on any atom is -0.467 e. The van der Waals surface area contributed by atoms with Gasteiger partial charge in [-0.1, -0.05) is 11.6 Å². The zero-order valence-electron chi connectivity index (χ0n) is 10.5. The van der Waals surface area contributed by atoms with Crippen molar-refractivity contribution >= 4 is 28.8 Å². The quantitative estimate of drug-likeness (QED) is 0.822. The van der Waals surface area contributed by atoms with Crippen molar-refractivity contribution in [3.8, 4) is 0 Å². The van der Waals surface area contributed by atoms with Crippen LogP contribution in [0.15, 0.2) is 34.9 Å². The second kappa shape index (κ2) is 6.75. The van der Waals surface area contributed by atoms with Gasteiger partial charge in [-0.05, 0) is 24.3 Å². The second-order valence-corrected chi connectivity index (χ2v) is 5.62. The molecule has 0 saturated carbocycles. The first-order chi connectivity index (χ1) is 9.20. The van der Waals surface area contributed by atoms with Crippen LogP contribution < -0.4 is 0 Å². The van der Waals surface area contributed by atoms with Crippen LogP contribution in [-0.4, -0.2) is 31.1 Å². The van der Waals surface area contributed by atoms with E-state index in [4.69, 9.17) is 20.8 Å². The molecule has 0 fully saturated rings. The summed E-state index contributed by atoms with van der Waals surface area (Å²) in [6.45, 7) is 1.40. The van der Waals surface area contributed by atoms with E-state index in [1.165, 1.54) is 11.3 Å². The van der Waals surface area contributed by atoms with E-state index in [0.29, 0.717) is 28.9 Å². The predicted octanol–water partition coefficient (Wildman–Crippen LogP) is 3.28. The molecule has 0 spiro atoms. The maximum Gasteiger partial charge on any atom is 0.264 e. The van der Waals surface area contributed by atoms with Crippen molar-refractivity contribution in [1.82, 2.24) is 4.90 Å². The number of nitrogens with zero attached hydrogens (tertiary/aromatic N) is 1. The Bertz CT molecular complexity index is 524. The molecule has 0 saturated heterocycles. The van der Waals surface area contributed by atoms with Crippen LogP contribution in [0.4, 0.5) is 0 Å². The van der Waals surface area contributed by atoms with E-state index in [-0.39, 0.29) is 5.91 Å². The third kappa shape index (κ3) is 3.83. The maximum absolute atomic E-state index is 12.4. The normalized spacial score (nSPS) is 10.6.